The number of amides is 2. The van der Waals surface area contributed by atoms with Gasteiger partial charge in [-0.25, -0.2) is 4.79 Å². The Morgan fingerprint density at radius 3 is 2.59 bits per heavy atom. The van der Waals surface area contributed by atoms with Crippen LogP contribution < -0.4 is 9.64 Å². The van der Waals surface area contributed by atoms with E-state index in [-0.39, 0.29) is 36.0 Å². The van der Waals surface area contributed by atoms with Crippen LogP contribution in [0.1, 0.15) is 65.5 Å². The lowest BCUT2D eigenvalue weighted by atomic mass is 9.68. The molecule has 2 atom stereocenters. The summed E-state index contributed by atoms with van der Waals surface area (Å²) in [6, 6.07) is 3.81. The Balaban J connectivity index is 1.64. The number of hydrogen-bond acceptors (Lipinski definition) is 5. The van der Waals surface area contributed by atoms with E-state index >= 15 is 0 Å². The van der Waals surface area contributed by atoms with Gasteiger partial charge in [-0.1, -0.05) is 26.0 Å². The number of aliphatic imine (C=N–C) groups is 1. The summed E-state index contributed by atoms with van der Waals surface area (Å²) in [6.07, 6.45) is -0.272. The number of carbonyl (C=O) groups excluding carboxylic acids is 2. The molecular weight excluding hydrogens is 406 g/mol. The second-order valence-electron chi connectivity index (χ2n) is 10.6. The lowest BCUT2D eigenvalue weighted by Gasteiger charge is -2.51. The maximum atomic E-state index is 12.5. The Labute approximate surface area is 190 Å². The summed E-state index contributed by atoms with van der Waals surface area (Å²) in [5, 5.41) is 0. The summed E-state index contributed by atoms with van der Waals surface area (Å²) >= 11 is 0. The smallest absolute Gasteiger partial charge is 0.410 e. The van der Waals surface area contributed by atoms with Gasteiger partial charge in [-0.3, -0.25) is 4.79 Å². The number of nitrogens with zero attached hydrogens (tertiary/aromatic N) is 3. The first kappa shape index (κ1) is 22.4. The zero-order valence-corrected chi connectivity index (χ0v) is 20.1. The van der Waals surface area contributed by atoms with E-state index in [1.807, 2.05) is 45.6 Å². The van der Waals surface area contributed by atoms with Gasteiger partial charge in [0.15, 0.2) is 5.84 Å². The Morgan fingerprint density at radius 2 is 2.00 bits per heavy atom. The van der Waals surface area contributed by atoms with E-state index in [9.17, 15) is 9.59 Å². The van der Waals surface area contributed by atoms with Gasteiger partial charge in [0.25, 0.3) is 5.91 Å². The van der Waals surface area contributed by atoms with Crippen LogP contribution in [0.4, 0.5) is 10.5 Å². The number of likely N-dealkylation sites (tertiary alicyclic amines) is 1. The molecule has 0 bridgehead atoms. The summed E-state index contributed by atoms with van der Waals surface area (Å²) in [4.78, 5) is 32.6. The second kappa shape index (κ2) is 7.36. The van der Waals surface area contributed by atoms with Crippen LogP contribution >= 0.6 is 0 Å². The van der Waals surface area contributed by atoms with E-state index < -0.39 is 5.60 Å². The molecule has 4 rings (SSSR count). The Bertz CT molecular complexity index is 1030. The first-order valence-corrected chi connectivity index (χ1v) is 11.2. The quantitative estimate of drug-likeness (QED) is 0.688. The number of rotatable bonds is 3. The third kappa shape index (κ3) is 3.67. The minimum Gasteiger partial charge on any atom is -0.483 e. The van der Waals surface area contributed by atoms with Crippen molar-refractivity contribution in [3.63, 3.8) is 0 Å². The average molecular weight is 440 g/mol. The molecule has 1 aromatic carbocycles. The molecule has 0 spiro atoms. The second-order valence-corrected chi connectivity index (χ2v) is 10.6. The maximum Gasteiger partial charge on any atom is 0.410 e. The molecule has 7 nitrogen and oxygen atoms in total. The molecule has 3 aliphatic rings. The van der Waals surface area contributed by atoms with Crippen molar-refractivity contribution in [1.29, 1.82) is 0 Å². The lowest BCUT2D eigenvalue weighted by molar-refractivity contribution is -0.117. The molecule has 0 unspecified atom stereocenters. The van der Waals surface area contributed by atoms with E-state index in [2.05, 4.69) is 31.5 Å². The topological polar surface area (TPSA) is 71.4 Å². The van der Waals surface area contributed by atoms with Crippen molar-refractivity contribution in [3.8, 4) is 5.75 Å². The number of hydrogen-bond donors (Lipinski definition) is 0. The molecule has 172 valence electrons. The zero-order valence-electron chi connectivity index (χ0n) is 20.1. The summed E-state index contributed by atoms with van der Waals surface area (Å²) in [7, 11) is 0. The first-order valence-electron chi connectivity index (χ1n) is 11.2. The van der Waals surface area contributed by atoms with Crippen molar-refractivity contribution in [2.24, 2.45) is 10.4 Å². The average Bonchev–Trinajstić information content (AvgIpc) is 2.96. The minimum absolute atomic E-state index is 0.103. The van der Waals surface area contributed by atoms with Gasteiger partial charge in [0, 0.05) is 18.5 Å². The summed E-state index contributed by atoms with van der Waals surface area (Å²) in [6.45, 7) is 19.6. The molecule has 3 aliphatic heterocycles. The highest BCUT2D eigenvalue weighted by Crippen LogP contribution is 2.48. The fourth-order valence-electron chi connectivity index (χ4n) is 4.75. The van der Waals surface area contributed by atoms with Gasteiger partial charge >= 0.3 is 6.09 Å². The maximum absolute atomic E-state index is 12.5. The molecule has 0 aromatic heterocycles. The van der Waals surface area contributed by atoms with E-state index in [0.29, 0.717) is 18.9 Å². The van der Waals surface area contributed by atoms with Crippen molar-refractivity contribution in [2.75, 3.05) is 24.6 Å². The largest absolute Gasteiger partial charge is 0.483 e. The molecule has 3 heterocycles. The van der Waals surface area contributed by atoms with Gasteiger partial charge in [-0.05, 0) is 63.8 Å². The molecule has 2 amide bonds. The Hall–Kier alpha value is -2.83. The van der Waals surface area contributed by atoms with E-state index in [4.69, 9.17) is 9.47 Å². The van der Waals surface area contributed by atoms with Crippen molar-refractivity contribution < 1.29 is 19.1 Å². The van der Waals surface area contributed by atoms with Crippen molar-refractivity contribution in [1.82, 2.24) is 4.90 Å². The highest BCUT2D eigenvalue weighted by molar-refractivity contribution is 6.16. The van der Waals surface area contributed by atoms with Crippen LogP contribution in [0.15, 0.2) is 23.7 Å². The molecule has 0 radical (unpaired) electrons. The van der Waals surface area contributed by atoms with Crippen LogP contribution in [-0.2, 0) is 9.53 Å². The molecule has 0 saturated carbocycles. The van der Waals surface area contributed by atoms with Crippen molar-refractivity contribution in [2.45, 2.75) is 66.0 Å². The third-order valence-electron chi connectivity index (χ3n) is 6.74. The number of allylic oxidation sites excluding steroid dienone is 1. The number of ether oxygens (including phenoxy) is 2. The van der Waals surface area contributed by atoms with Crippen molar-refractivity contribution >= 4 is 29.1 Å². The third-order valence-corrected chi connectivity index (χ3v) is 6.74. The van der Waals surface area contributed by atoms with Crippen LogP contribution in [0.25, 0.3) is 5.57 Å². The monoisotopic (exact) mass is 439 g/mol. The fourth-order valence-corrected chi connectivity index (χ4v) is 4.75. The van der Waals surface area contributed by atoms with E-state index in [1.54, 1.807) is 4.90 Å². The summed E-state index contributed by atoms with van der Waals surface area (Å²) in [5.74, 6) is 1.40. The highest BCUT2D eigenvalue weighted by Gasteiger charge is 2.48. The lowest BCUT2D eigenvalue weighted by Crippen LogP contribution is -2.59. The van der Waals surface area contributed by atoms with Crippen molar-refractivity contribution in [3.05, 3.63) is 29.8 Å². The fraction of sp³-hybridized carbons (Fsp3) is 0.560. The van der Waals surface area contributed by atoms with Crippen LogP contribution in [0.5, 0.6) is 5.75 Å². The normalized spacial score (nSPS) is 22.3. The van der Waals surface area contributed by atoms with Gasteiger partial charge in [-0.2, -0.15) is 4.99 Å². The standard InChI is InChI=1S/C25H33N3O4/c1-14(2)17-10-20-19(28-16(4)22(29)26-21(28)11-31-20)9-18(17)15(3)25(8)12-27(13-25)23(30)32-24(5,6)7/h9-10,15-16H,1,11-13H2,2-8H3/t15-,16-/m1/s1. The Morgan fingerprint density at radius 1 is 1.34 bits per heavy atom. The SMILES string of the molecule is C=C(C)c1cc2c(cc1[C@@H](C)C1(C)CN(C(=O)OC(C)(C)C)C1)N1C(=NC(=O)[C@H]1C)CO2. The summed E-state index contributed by atoms with van der Waals surface area (Å²) in [5.41, 5.74) is 3.39. The van der Waals surface area contributed by atoms with Crippen LogP contribution in [0.2, 0.25) is 0 Å². The number of fused-ring (bicyclic) bond motifs is 3. The molecule has 0 N–H and O–H groups in total. The van der Waals surface area contributed by atoms with Gasteiger partial charge in [0.2, 0.25) is 0 Å². The number of anilines is 1. The predicted molar refractivity (Wildman–Crippen MR) is 125 cm³/mol. The van der Waals surface area contributed by atoms with E-state index in [0.717, 1.165) is 28.1 Å². The van der Waals surface area contributed by atoms with Crippen LogP contribution in [0, 0.1) is 5.41 Å². The summed E-state index contributed by atoms with van der Waals surface area (Å²) < 4.78 is 11.5. The molecule has 0 aliphatic carbocycles. The zero-order chi connectivity index (χ0) is 23.6. The number of benzene rings is 1. The predicted octanol–water partition coefficient (Wildman–Crippen LogP) is 4.61. The first-order chi connectivity index (χ1) is 14.8. The Kier molecular flexibility index (Phi) is 5.14. The minimum atomic E-state index is -0.510. The number of amidine groups is 1. The molecule has 1 saturated heterocycles. The van der Waals surface area contributed by atoms with Gasteiger partial charge in [0.1, 0.15) is 24.0 Å². The highest BCUT2D eigenvalue weighted by atomic mass is 16.6. The van der Waals surface area contributed by atoms with Gasteiger partial charge in [-0.15, -0.1) is 0 Å². The van der Waals surface area contributed by atoms with Crippen LogP contribution in [-0.4, -0.2) is 54.1 Å². The molecule has 1 aromatic rings. The molecule has 32 heavy (non-hydrogen) atoms. The molecular formula is C25H33N3O4. The van der Waals surface area contributed by atoms with Gasteiger partial charge in [0.05, 0.1) is 5.69 Å². The van der Waals surface area contributed by atoms with Gasteiger partial charge < -0.3 is 19.3 Å². The van der Waals surface area contributed by atoms with E-state index in [1.165, 1.54) is 0 Å². The molecule has 7 heteroatoms. The van der Waals surface area contributed by atoms with Crippen LogP contribution in [0.3, 0.4) is 0 Å². The number of carbonyl (C=O) groups is 2. The molecule has 1 fully saturated rings.